The van der Waals surface area contributed by atoms with Crippen molar-refractivity contribution in [3.05, 3.63) is 47.8 Å². The number of piperazine rings is 1. The number of carbonyl (C=O) groups is 2. The van der Waals surface area contributed by atoms with E-state index >= 15 is 0 Å². The van der Waals surface area contributed by atoms with Crippen LogP contribution in [0.5, 0.6) is 0 Å². The molecule has 3 heterocycles. The van der Waals surface area contributed by atoms with Crippen LogP contribution in [-0.2, 0) is 16.1 Å². The molecule has 1 aromatic carbocycles. The van der Waals surface area contributed by atoms with Crippen molar-refractivity contribution in [2.75, 3.05) is 38.1 Å². The Hall–Kier alpha value is -2.97. The number of anilines is 1. The van der Waals surface area contributed by atoms with Crippen LogP contribution in [0.3, 0.4) is 0 Å². The number of alkyl carbamates (subject to hydrolysis) is 1. The number of hydrogen-bond acceptors (Lipinski definition) is 6. The molecular formula is C27H37N5O3. The molecular weight excluding hydrogens is 442 g/mol. The molecule has 0 spiro atoms. The Kier molecular flexibility index (Phi) is 7.72. The Balaban J connectivity index is 1.57. The Morgan fingerprint density at radius 2 is 1.83 bits per heavy atom. The summed E-state index contributed by atoms with van der Waals surface area (Å²) in [6, 6.07) is 9.97. The van der Waals surface area contributed by atoms with Crippen LogP contribution >= 0.6 is 0 Å². The number of carbonyl (C=O) groups excluding carboxylic acids is 2. The van der Waals surface area contributed by atoms with Gasteiger partial charge < -0.3 is 19.9 Å². The largest absolute Gasteiger partial charge is 0.447 e. The van der Waals surface area contributed by atoms with Gasteiger partial charge in [0.2, 0.25) is 5.91 Å². The zero-order valence-electron chi connectivity index (χ0n) is 21.5. The molecule has 2 amide bonds. The number of amides is 2. The minimum absolute atomic E-state index is 0.00960. The molecule has 0 saturated carbocycles. The number of rotatable bonds is 5. The number of pyridine rings is 1. The zero-order valence-corrected chi connectivity index (χ0v) is 21.5. The second kappa shape index (κ2) is 10.7. The van der Waals surface area contributed by atoms with Crippen molar-refractivity contribution >= 4 is 17.7 Å². The van der Waals surface area contributed by atoms with Crippen LogP contribution in [0.15, 0.2) is 36.5 Å². The van der Waals surface area contributed by atoms with Crippen LogP contribution in [0.1, 0.15) is 51.4 Å². The van der Waals surface area contributed by atoms with Crippen molar-refractivity contribution in [3.8, 4) is 11.1 Å². The highest BCUT2D eigenvalue weighted by Gasteiger charge is 2.33. The summed E-state index contributed by atoms with van der Waals surface area (Å²) in [5, 5.41) is 3.01. The third-order valence-corrected chi connectivity index (χ3v) is 6.79. The maximum absolute atomic E-state index is 12.4. The van der Waals surface area contributed by atoms with Gasteiger partial charge in [0.05, 0.1) is 17.8 Å². The fourth-order valence-electron chi connectivity index (χ4n) is 4.97. The summed E-state index contributed by atoms with van der Waals surface area (Å²) in [5.41, 5.74) is 4.81. The Morgan fingerprint density at radius 3 is 2.46 bits per heavy atom. The molecule has 0 bridgehead atoms. The summed E-state index contributed by atoms with van der Waals surface area (Å²) in [4.78, 5) is 36.1. The minimum atomic E-state index is -0.445. The van der Waals surface area contributed by atoms with Crippen LogP contribution in [0.4, 0.5) is 10.5 Å². The first kappa shape index (κ1) is 25.1. The van der Waals surface area contributed by atoms with Crippen molar-refractivity contribution in [2.45, 2.75) is 58.8 Å². The van der Waals surface area contributed by atoms with Crippen LogP contribution in [0, 0.1) is 0 Å². The zero-order chi connectivity index (χ0) is 25.1. The van der Waals surface area contributed by atoms with Crippen molar-refractivity contribution in [3.63, 3.8) is 0 Å². The topological polar surface area (TPSA) is 78.0 Å². The van der Waals surface area contributed by atoms with Crippen LogP contribution in [0.25, 0.3) is 11.1 Å². The molecule has 2 aliphatic heterocycles. The molecule has 0 radical (unpaired) electrons. The van der Waals surface area contributed by atoms with Gasteiger partial charge in [-0.05, 0) is 63.6 Å². The SMILES string of the molecule is CC(=O)N1c2ccc(-c3ccc(CN4CCN(C)CC4)nc3)cc2[C@H](NC(=O)OC(C)C)C[C@@H]1C. The maximum Gasteiger partial charge on any atom is 0.407 e. The van der Waals surface area contributed by atoms with E-state index in [9.17, 15) is 9.59 Å². The lowest BCUT2D eigenvalue weighted by molar-refractivity contribution is -0.117. The van der Waals surface area contributed by atoms with Gasteiger partial charge in [0.15, 0.2) is 0 Å². The summed E-state index contributed by atoms with van der Waals surface area (Å²) in [6.07, 6.45) is 1.88. The summed E-state index contributed by atoms with van der Waals surface area (Å²) < 4.78 is 5.33. The monoisotopic (exact) mass is 479 g/mol. The molecule has 1 saturated heterocycles. The molecule has 8 heteroatoms. The van der Waals surface area contributed by atoms with E-state index in [0.29, 0.717) is 6.42 Å². The molecule has 2 aromatic rings. The lowest BCUT2D eigenvalue weighted by Gasteiger charge is -2.39. The van der Waals surface area contributed by atoms with Crippen LogP contribution in [-0.4, -0.2) is 72.2 Å². The van der Waals surface area contributed by atoms with Crippen LogP contribution in [0.2, 0.25) is 0 Å². The molecule has 8 nitrogen and oxygen atoms in total. The van der Waals surface area contributed by atoms with Gasteiger partial charge in [0.1, 0.15) is 0 Å². The van der Waals surface area contributed by atoms with Crippen molar-refractivity contribution in [2.24, 2.45) is 0 Å². The van der Waals surface area contributed by atoms with Crippen molar-refractivity contribution < 1.29 is 14.3 Å². The number of aromatic nitrogens is 1. The van der Waals surface area contributed by atoms with Gasteiger partial charge in [-0.1, -0.05) is 12.1 Å². The molecule has 0 aliphatic carbocycles. The first-order valence-corrected chi connectivity index (χ1v) is 12.5. The van der Waals surface area contributed by atoms with Gasteiger partial charge >= 0.3 is 6.09 Å². The van der Waals surface area contributed by atoms with E-state index < -0.39 is 6.09 Å². The quantitative estimate of drug-likeness (QED) is 0.703. The Bertz CT molecular complexity index is 1050. The van der Waals surface area contributed by atoms with E-state index in [1.165, 1.54) is 0 Å². The lowest BCUT2D eigenvalue weighted by atomic mass is 9.89. The molecule has 4 rings (SSSR count). The Labute approximate surface area is 208 Å². The van der Waals surface area contributed by atoms with Gasteiger partial charge in [-0.15, -0.1) is 0 Å². The van der Waals surface area contributed by atoms with Crippen molar-refractivity contribution in [1.82, 2.24) is 20.1 Å². The fourth-order valence-corrected chi connectivity index (χ4v) is 4.97. The van der Waals surface area contributed by atoms with Gasteiger partial charge in [-0.3, -0.25) is 14.7 Å². The van der Waals surface area contributed by atoms with Crippen LogP contribution < -0.4 is 10.2 Å². The molecule has 1 N–H and O–H groups in total. The third-order valence-electron chi connectivity index (χ3n) is 6.79. The van der Waals surface area contributed by atoms with Gasteiger partial charge in [0, 0.05) is 63.1 Å². The second-order valence-corrected chi connectivity index (χ2v) is 10.0. The smallest absolute Gasteiger partial charge is 0.407 e. The third kappa shape index (κ3) is 6.00. The van der Waals surface area contributed by atoms with E-state index in [4.69, 9.17) is 9.72 Å². The van der Waals surface area contributed by atoms with Gasteiger partial charge in [-0.25, -0.2) is 4.79 Å². The molecule has 35 heavy (non-hydrogen) atoms. The van der Waals surface area contributed by atoms with E-state index in [0.717, 1.165) is 60.8 Å². The summed E-state index contributed by atoms with van der Waals surface area (Å²) in [5.74, 6) is -0.00960. The number of benzene rings is 1. The lowest BCUT2D eigenvalue weighted by Crippen LogP contribution is -2.45. The van der Waals surface area contributed by atoms with E-state index in [1.807, 2.05) is 44.0 Å². The molecule has 0 unspecified atom stereocenters. The predicted molar refractivity (Wildman–Crippen MR) is 137 cm³/mol. The summed E-state index contributed by atoms with van der Waals surface area (Å²) in [6.45, 7) is 12.4. The fraction of sp³-hybridized carbons (Fsp3) is 0.519. The highest BCUT2D eigenvalue weighted by molar-refractivity contribution is 5.94. The van der Waals surface area contributed by atoms with Gasteiger partial charge in [0.25, 0.3) is 0 Å². The first-order chi connectivity index (χ1) is 16.7. The van der Waals surface area contributed by atoms with E-state index in [-0.39, 0.29) is 24.1 Å². The standard InChI is InChI=1S/C27H37N5O3/c1-18(2)35-27(34)29-25-14-19(3)32(20(4)33)26-9-7-21(15-24(25)26)22-6-8-23(28-16-22)17-31-12-10-30(5)11-13-31/h6-9,15-16,18-19,25H,10-14,17H2,1-5H3,(H,29,34)/t19-,25+/m0/s1. The second-order valence-electron chi connectivity index (χ2n) is 10.0. The molecule has 188 valence electrons. The number of fused-ring (bicyclic) bond motifs is 1. The van der Waals surface area contributed by atoms with E-state index in [2.05, 4.69) is 40.4 Å². The maximum atomic E-state index is 12.4. The highest BCUT2D eigenvalue weighted by Crippen LogP contribution is 2.39. The number of nitrogens with one attached hydrogen (secondary N) is 1. The average molecular weight is 480 g/mol. The predicted octanol–water partition coefficient (Wildman–Crippen LogP) is 3.82. The van der Waals surface area contributed by atoms with Crippen molar-refractivity contribution in [1.29, 1.82) is 0 Å². The number of hydrogen-bond donors (Lipinski definition) is 1. The minimum Gasteiger partial charge on any atom is -0.447 e. The molecule has 2 atom stereocenters. The molecule has 1 fully saturated rings. The highest BCUT2D eigenvalue weighted by atomic mass is 16.6. The molecule has 1 aromatic heterocycles. The molecule has 2 aliphatic rings. The first-order valence-electron chi connectivity index (χ1n) is 12.5. The summed E-state index contributed by atoms with van der Waals surface area (Å²) in [7, 11) is 2.16. The Morgan fingerprint density at radius 1 is 1.11 bits per heavy atom. The van der Waals surface area contributed by atoms with E-state index in [1.54, 1.807) is 6.92 Å². The average Bonchev–Trinajstić information content (AvgIpc) is 2.80. The number of nitrogens with zero attached hydrogens (tertiary/aromatic N) is 4. The van der Waals surface area contributed by atoms with Gasteiger partial charge in [-0.2, -0.15) is 0 Å². The number of ether oxygens (including phenoxy) is 1. The normalized spacial score (nSPS) is 21.0. The summed E-state index contributed by atoms with van der Waals surface area (Å²) >= 11 is 0. The number of likely N-dealkylation sites (N-methyl/N-ethyl adjacent to an activating group) is 1.